The minimum atomic E-state index is -0.450. The fourth-order valence-corrected chi connectivity index (χ4v) is 3.40. The van der Waals surface area contributed by atoms with Gasteiger partial charge in [-0.1, -0.05) is 41.9 Å². The smallest absolute Gasteiger partial charge is 0.340 e. The van der Waals surface area contributed by atoms with Gasteiger partial charge in [0.25, 0.3) is 0 Å². The van der Waals surface area contributed by atoms with Gasteiger partial charge in [0.15, 0.2) is 5.75 Å². The summed E-state index contributed by atoms with van der Waals surface area (Å²) < 4.78 is 11.2. The Kier molecular flexibility index (Phi) is 5.55. The molecule has 0 saturated heterocycles. The van der Waals surface area contributed by atoms with Crippen molar-refractivity contribution in [2.45, 2.75) is 12.8 Å². The van der Waals surface area contributed by atoms with Crippen LogP contribution in [0.4, 0.5) is 0 Å². The summed E-state index contributed by atoms with van der Waals surface area (Å²) in [7, 11) is 0. The van der Waals surface area contributed by atoms with Crippen LogP contribution in [0, 0.1) is 0 Å². The van der Waals surface area contributed by atoms with Gasteiger partial charge in [-0.3, -0.25) is 0 Å². The molecule has 2 heterocycles. The zero-order valence-electron chi connectivity index (χ0n) is 15.3. The van der Waals surface area contributed by atoms with E-state index < -0.39 is 5.63 Å². The Hall–Kier alpha value is -3.22. The number of aromatic nitrogens is 2. The summed E-state index contributed by atoms with van der Waals surface area (Å²) in [4.78, 5) is 20.7. The van der Waals surface area contributed by atoms with E-state index in [1.807, 2.05) is 30.3 Å². The van der Waals surface area contributed by atoms with Crippen LogP contribution in [0.5, 0.6) is 11.8 Å². The zero-order valence-corrected chi connectivity index (χ0v) is 16.1. The van der Waals surface area contributed by atoms with Crippen molar-refractivity contribution in [1.82, 2.24) is 9.97 Å². The van der Waals surface area contributed by atoms with E-state index in [-0.39, 0.29) is 18.4 Å². The largest absolute Gasteiger partial charge is 0.423 e. The van der Waals surface area contributed by atoms with Crippen molar-refractivity contribution in [3.8, 4) is 11.8 Å². The molecule has 0 atom stereocenters. The van der Waals surface area contributed by atoms with Gasteiger partial charge in [-0.25, -0.2) is 14.8 Å². The maximum Gasteiger partial charge on any atom is 0.340 e. The monoisotopic (exact) mass is 408 g/mol. The Morgan fingerprint density at radius 3 is 2.52 bits per heavy atom. The summed E-state index contributed by atoms with van der Waals surface area (Å²) in [6.07, 6.45) is 3.81. The highest BCUT2D eigenvalue weighted by Gasteiger charge is 2.18. The highest BCUT2D eigenvalue weighted by Crippen LogP contribution is 2.34. The highest BCUT2D eigenvalue weighted by atomic mass is 35.5. The topological polar surface area (TPSA) is 85.5 Å². The first-order chi connectivity index (χ1) is 14.2. The van der Waals surface area contributed by atoms with Crippen molar-refractivity contribution < 1.29 is 14.3 Å². The van der Waals surface area contributed by atoms with Gasteiger partial charge in [0.05, 0.1) is 5.02 Å². The average molecular weight is 409 g/mol. The third-order valence-corrected chi connectivity index (χ3v) is 4.80. The van der Waals surface area contributed by atoms with Crippen molar-refractivity contribution in [2.75, 3.05) is 6.61 Å². The maximum absolute atomic E-state index is 12.7. The summed E-state index contributed by atoms with van der Waals surface area (Å²) in [6, 6.07) is 14.6. The van der Waals surface area contributed by atoms with Gasteiger partial charge in [-0.05, 0) is 29.7 Å². The van der Waals surface area contributed by atoms with Crippen LogP contribution in [0.3, 0.4) is 0 Å². The van der Waals surface area contributed by atoms with Crippen molar-refractivity contribution in [3.63, 3.8) is 0 Å². The van der Waals surface area contributed by atoms with E-state index in [9.17, 15) is 9.90 Å². The lowest BCUT2D eigenvalue weighted by Gasteiger charge is -2.13. The Labute approximate surface area is 171 Å². The molecule has 1 N–H and O–H groups in total. The van der Waals surface area contributed by atoms with Crippen LogP contribution in [0.15, 0.2) is 70.1 Å². The molecule has 146 valence electrons. The minimum absolute atomic E-state index is 0.103. The second-order valence-electron chi connectivity index (χ2n) is 6.39. The fraction of sp³-hybridized carbons (Fsp3) is 0.136. The number of halogens is 1. The van der Waals surface area contributed by atoms with E-state index in [1.54, 1.807) is 30.6 Å². The van der Waals surface area contributed by atoms with Crippen LogP contribution in [0.1, 0.15) is 16.7 Å². The molecule has 2 aromatic carbocycles. The molecule has 0 radical (unpaired) electrons. The average Bonchev–Trinajstić information content (AvgIpc) is 2.73. The third-order valence-electron chi connectivity index (χ3n) is 4.50. The maximum atomic E-state index is 12.7. The van der Waals surface area contributed by atoms with Crippen molar-refractivity contribution >= 4 is 22.6 Å². The number of aliphatic hydroxyl groups is 1. The van der Waals surface area contributed by atoms with E-state index in [4.69, 9.17) is 20.8 Å². The van der Waals surface area contributed by atoms with Gasteiger partial charge < -0.3 is 14.3 Å². The molecule has 0 bridgehead atoms. The van der Waals surface area contributed by atoms with Crippen LogP contribution in [-0.2, 0) is 12.8 Å². The Morgan fingerprint density at radius 1 is 1.03 bits per heavy atom. The van der Waals surface area contributed by atoms with Crippen LogP contribution in [-0.4, -0.2) is 21.7 Å². The number of hydrogen-bond acceptors (Lipinski definition) is 6. The Balaban J connectivity index is 1.82. The molecule has 4 aromatic rings. The SMILES string of the molecule is O=c1oc2cc(Oc3ncccn3)c(Cl)cc2c(CCO)c1Cc1ccccc1. The minimum Gasteiger partial charge on any atom is -0.423 e. The van der Waals surface area contributed by atoms with E-state index in [0.29, 0.717) is 40.0 Å². The van der Waals surface area contributed by atoms with Crippen LogP contribution in [0.25, 0.3) is 11.0 Å². The first kappa shape index (κ1) is 19.1. The Morgan fingerprint density at radius 2 is 1.79 bits per heavy atom. The summed E-state index contributed by atoms with van der Waals surface area (Å²) in [5, 5.41) is 10.6. The molecule has 4 rings (SSSR count). The second-order valence-corrected chi connectivity index (χ2v) is 6.80. The molecule has 0 fully saturated rings. The quantitative estimate of drug-likeness (QED) is 0.482. The molecule has 0 saturated carbocycles. The molecular formula is C22H17ClN2O4. The molecule has 0 spiro atoms. The molecule has 0 unspecified atom stereocenters. The standard InChI is InChI=1S/C22H17ClN2O4/c23-18-12-16-15(7-10-26)17(11-14-5-2-1-3-6-14)21(27)28-19(16)13-20(18)29-22-24-8-4-9-25-22/h1-6,8-9,12-13,26H,7,10-11H2. The molecular weight excluding hydrogens is 392 g/mol. The number of nitrogens with zero attached hydrogens (tertiary/aromatic N) is 2. The lowest BCUT2D eigenvalue weighted by Crippen LogP contribution is -2.14. The Bertz CT molecular complexity index is 1190. The zero-order chi connectivity index (χ0) is 20.2. The molecule has 6 nitrogen and oxygen atoms in total. The van der Waals surface area contributed by atoms with Gasteiger partial charge >= 0.3 is 11.6 Å². The summed E-state index contributed by atoms with van der Waals surface area (Å²) >= 11 is 6.41. The first-order valence-corrected chi connectivity index (χ1v) is 9.41. The van der Waals surface area contributed by atoms with Crippen LogP contribution < -0.4 is 10.4 Å². The van der Waals surface area contributed by atoms with Crippen molar-refractivity contribution in [2.24, 2.45) is 0 Å². The van der Waals surface area contributed by atoms with Gasteiger partial charge in [0.1, 0.15) is 5.58 Å². The fourth-order valence-electron chi connectivity index (χ4n) is 3.19. The molecule has 29 heavy (non-hydrogen) atoms. The van der Waals surface area contributed by atoms with Gasteiger partial charge in [-0.15, -0.1) is 0 Å². The van der Waals surface area contributed by atoms with Crippen LogP contribution in [0.2, 0.25) is 5.02 Å². The lowest BCUT2D eigenvalue weighted by molar-refractivity contribution is 0.299. The second kappa shape index (κ2) is 8.43. The molecule has 2 aromatic heterocycles. The van der Waals surface area contributed by atoms with Crippen LogP contribution >= 0.6 is 11.6 Å². The van der Waals surface area contributed by atoms with Crippen molar-refractivity contribution in [1.29, 1.82) is 0 Å². The van der Waals surface area contributed by atoms with Gasteiger partial charge in [0.2, 0.25) is 0 Å². The number of ether oxygens (including phenoxy) is 1. The molecule has 0 aliphatic heterocycles. The molecule has 0 aliphatic carbocycles. The lowest BCUT2D eigenvalue weighted by atomic mass is 9.96. The number of aliphatic hydroxyl groups excluding tert-OH is 1. The highest BCUT2D eigenvalue weighted by molar-refractivity contribution is 6.32. The summed E-state index contributed by atoms with van der Waals surface area (Å²) in [5.41, 5.74) is 2.08. The normalized spacial score (nSPS) is 11.0. The number of fused-ring (bicyclic) bond motifs is 1. The molecule has 7 heteroatoms. The van der Waals surface area contributed by atoms with Gasteiger partial charge in [0, 0.05) is 42.4 Å². The third kappa shape index (κ3) is 4.13. The van der Waals surface area contributed by atoms with Crippen molar-refractivity contribution in [3.05, 3.63) is 93.1 Å². The first-order valence-electron chi connectivity index (χ1n) is 9.03. The summed E-state index contributed by atoms with van der Waals surface area (Å²) in [5.74, 6) is 0.277. The van der Waals surface area contributed by atoms with E-state index in [0.717, 1.165) is 5.56 Å². The van der Waals surface area contributed by atoms with E-state index in [1.165, 1.54) is 0 Å². The van der Waals surface area contributed by atoms with Gasteiger partial charge in [-0.2, -0.15) is 0 Å². The number of benzene rings is 2. The predicted octanol–water partition coefficient (Wildman–Crippen LogP) is 4.15. The van der Waals surface area contributed by atoms with E-state index in [2.05, 4.69) is 9.97 Å². The predicted molar refractivity (Wildman–Crippen MR) is 110 cm³/mol. The summed E-state index contributed by atoms with van der Waals surface area (Å²) in [6.45, 7) is -0.103. The number of rotatable bonds is 6. The number of hydrogen-bond donors (Lipinski definition) is 1. The molecule has 0 aliphatic rings. The molecule has 0 amide bonds. The van der Waals surface area contributed by atoms with E-state index >= 15 is 0 Å².